The predicted molar refractivity (Wildman–Crippen MR) is 96.2 cm³/mol. The molecule has 3 rings (SSSR count). The summed E-state index contributed by atoms with van der Waals surface area (Å²) >= 11 is 0. The Morgan fingerprint density at radius 3 is 2.50 bits per heavy atom. The molecular formula is C20H22N2O2. The second-order valence-corrected chi connectivity index (χ2v) is 6.48. The third-order valence-electron chi connectivity index (χ3n) is 4.68. The second-order valence-electron chi connectivity index (χ2n) is 6.48. The van der Waals surface area contributed by atoms with Gasteiger partial charge in [-0.25, -0.2) is 0 Å². The van der Waals surface area contributed by atoms with E-state index >= 15 is 0 Å². The van der Waals surface area contributed by atoms with Gasteiger partial charge in [-0.15, -0.1) is 0 Å². The van der Waals surface area contributed by atoms with E-state index in [1.165, 1.54) is 0 Å². The lowest BCUT2D eigenvalue weighted by atomic mass is 10.1. The quantitative estimate of drug-likeness (QED) is 0.938. The summed E-state index contributed by atoms with van der Waals surface area (Å²) in [6.45, 7) is 6.47. The van der Waals surface area contributed by atoms with Crippen molar-refractivity contribution in [2.75, 3.05) is 16.8 Å². The molecule has 4 nitrogen and oxygen atoms in total. The molecule has 2 aromatic carbocycles. The molecule has 1 aliphatic heterocycles. The molecule has 2 aromatic rings. The molecule has 1 fully saturated rings. The van der Waals surface area contributed by atoms with Gasteiger partial charge < -0.3 is 10.2 Å². The molecule has 4 heteroatoms. The Balaban J connectivity index is 1.73. The van der Waals surface area contributed by atoms with Gasteiger partial charge in [0.15, 0.2) is 0 Å². The first-order chi connectivity index (χ1) is 11.5. The molecule has 0 spiro atoms. The summed E-state index contributed by atoms with van der Waals surface area (Å²) in [5.74, 6) is -0.411. The number of rotatable bonds is 3. The number of hydrogen-bond acceptors (Lipinski definition) is 2. The van der Waals surface area contributed by atoms with E-state index in [0.29, 0.717) is 6.54 Å². The smallest absolute Gasteiger partial charge is 0.229 e. The van der Waals surface area contributed by atoms with E-state index in [9.17, 15) is 9.59 Å². The molecule has 2 amide bonds. The van der Waals surface area contributed by atoms with Gasteiger partial charge in [-0.05, 0) is 50.1 Å². The van der Waals surface area contributed by atoms with Crippen LogP contribution in [-0.2, 0) is 9.59 Å². The maximum Gasteiger partial charge on any atom is 0.229 e. The van der Waals surface area contributed by atoms with Gasteiger partial charge in [0.2, 0.25) is 11.8 Å². The van der Waals surface area contributed by atoms with Crippen molar-refractivity contribution in [2.24, 2.45) is 5.92 Å². The van der Waals surface area contributed by atoms with Crippen molar-refractivity contribution in [3.8, 4) is 0 Å². The maximum absolute atomic E-state index is 12.5. The summed E-state index contributed by atoms with van der Waals surface area (Å²) in [6.07, 6.45) is 0.255. The molecular weight excluding hydrogens is 300 g/mol. The van der Waals surface area contributed by atoms with Crippen LogP contribution >= 0.6 is 0 Å². The van der Waals surface area contributed by atoms with Crippen molar-refractivity contribution in [1.82, 2.24) is 0 Å². The average Bonchev–Trinajstić information content (AvgIpc) is 2.94. The maximum atomic E-state index is 12.5. The molecule has 1 aliphatic rings. The highest BCUT2D eigenvalue weighted by atomic mass is 16.2. The van der Waals surface area contributed by atoms with E-state index < -0.39 is 0 Å². The molecule has 0 saturated carbocycles. The molecule has 1 heterocycles. The number of carbonyl (C=O) groups excluding carboxylic acids is 2. The summed E-state index contributed by atoms with van der Waals surface area (Å²) in [6, 6.07) is 13.6. The Morgan fingerprint density at radius 1 is 1.08 bits per heavy atom. The van der Waals surface area contributed by atoms with Crippen LogP contribution in [0, 0.1) is 26.7 Å². The van der Waals surface area contributed by atoms with Crippen LogP contribution in [-0.4, -0.2) is 18.4 Å². The van der Waals surface area contributed by atoms with Crippen molar-refractivity contribution in [3.05, 3.63) is 59.2 Å². The summed E-state index contributed by atoms with van der Waals surface area (Å²) in [7, 11) is 0. The number of amides is 2. The Labute approximate surface area is 142 Å². The minimum Gasteiger partial charge on any atom is -0.326 e. The third-order valence-corrected chi connectivity index (χ3v) is 4.68. The molecule has 0 aromatic heterocycles. The largest absolute Gasteiger partial charge is 0.326 e. The average molecular weight is 322 g/mol. The molecule has 24 heavy (non-hydrogen) atoms. The number of aryl methyl sites for hydroxylation is 2. The summed E-state index contributed by atoms with van der Waals surface area (Å²) in [5, 5.41) is 2.91. The fraction of sp³-hybridized carbons (Fsp3) is 0.300. The fourth-order valence-corrected chi connectivity index (χ4v) is 3.03. The first kappa shape index (κ1) is 16.2. The second kappa shape index (κ2) is 6.48. The summed E-state index contributed by atoms with van der Waals surface area (Å²) in [4.78, 5) is 26.6. The highest BCUT2D eigenvalue weighted by Gasteiger charge is 2.35. The molecule has 1 atom stereocenters. The first-order valence-electron chi connectivity index (χ1n) is 8.20. The van der Waals surface area contributed by atoms with Crippen molar-refractivity contribution < 1.29 is 9.59 Å². The lowest BCUT2D eigenvalue weighted by molar-refractivity contribution is -0.122. The van der Waals surface area contributed by atoms with Crippen LogP contribution in [0.5, 0.6) is 0 Å². The van der Waals surface area contributed by atoms with Gasteiger partial charge >= 0.3 is 0 Å². The lowest BCUT2D eigenvalue weighted by Gasteiger charge is -2.20. The van der Waals surface area contributed by atoms with E-state index in [2.05, 4.69) is 5.32 Å². The Morgan fingerprint density at radius 2 is 1.79 bits per heavy atom. The Kier molecular flexibility index (Phi) is 4.38. The third kappa shape index (κ3) is 3.18. The zero-order valence-electron chi connectivity index (χ0n) is 14.3. The molecule has 1 unspecified atom stereocenters. The minimum atomic E-state index is -0.321. The number of carbonyl (C=O) groups is 2. The number of hydrogen-bond donors (Lipinski definition) is 1. The van der Waals surface area contributed by atoms with Gasteiger partial charge in [0, 0.05) is 24.3 Å². The van der Waals surface area contributed by atoms with Crippen molar-refractivity contribution in [3.63, 3.8) is 0 Å². The van der Waals surface area contributed by atoms with Crippen LogP contribution in [0.4, 0.5) is 11.4 Å². The van der Waals surface area contributed by atoms with Gasteiger partial charge in [-0.1, -0.05) is 29.8 Å². The van der Waals surface area contributed by atoms with Crippen LogP contribution in [0.2, 0.25) is 0 Å². The Bertz CT molecular complexity index is 781. The molecule has 0 radical (unpaired) electrons. The van der Waals surface area contributed by atoms with Crippen LogP contribution in [0.15, 0.2) is 42.5 Å². The molecule has 1 N–H and O–H groups in total. The van der Waals surface area contributed by atoms with Crippen molar-refractivity contribution in [1.29, 1.82) is 0 Å². The predicted octanol–water partition coefficient (Wildman–Crippen LogP) is 3.60. The number of benzene rings is 2. The zero-order valence-corrected chi connectivity index (χ0v) is 14.3. The number of anilines is 2. The van der Waals surface area contributed by atoms with E-state index in [4.69, 9.17) is 0 Å². The van der Waals surface area contributed by atoms with Crippen molar-refractivity contribution in [2.45, 2.75) is 27.2 Å². The summed E-state index contributed by atoms with van der Waals surface area (Å²) in [5.41, 5.74) is 5.05. The van der Waals surface area contributed by atoms with Gasteiger partial charge in [-0.3, -0.25) is 9.59 Å². The highest BCUT2D eigenvalue weighted by Crippen LogP contribution is 2.29. The van der Waals surface area contributed by atoms with E-state index in [1.807, 2.05) is 63.2 Å². The monoisotopic (exact) mass is 322 g/mol. The van der Waals surface area contributed by atoms with E-state index in [-0.39, 0.29) is 24.2 Å². The number of nitrogens with zero attached hydrogens (tertiary/aromatic N) is 1. The number of nitrogens with one attached hydrogen (secondary N) is 1. The molecule has 0 aliphatic carbocycles. The Hall–Kier alpha value is -2.62. The van der Waals surface area contributed by atoms with Crippen molar-refractivity contribution >= 4 is 23.2 Å². The lowest BCUT2D eigenvalue weighted by Crippen LogP contribution is -2.28. The summed E-state index contributed by atoms with van der Waals surface area (Å²) < 4.78 is 0. The molecule has 124 valence electrons. The fourth-order valence-electron chi connectivity index (χ4n) is 3.03. The van der Waals surface area contributed by atoms with E-state index in [0.717, 1.165) is 28.1 Å². The SMILES string of the molecule is Cc1ccc(NC(=O)C2CC(=O)N(c3cccc(C)c3C)C2)cc1. The van der Waals surface area contributed by atoms with Crippen LogP contribution in [0.3, 0.4) is 0 Å². The topological polar surface area (TPSA) is 49.4 Å². The first-order valence-corrected chi connectivity index (χ1v) is 8.20. The van der Waals surface area contributed by atoms with Gasteiger partial charge in [0.25, 0.3) is 0 Å². The van der Waals surface area contributed by atoms with Crippen LogP contribution < -0.4 is 10.2 Å². The molecule has 0 bridgehead atoms. The normalized spacial score (nSPS) is 17.2. The van der Waals surface area contributed by atoms with Gasteiger partial charge in [0.05, 0.1) is 5.92 Å². The van der Waals surface area contributed by atoms with Gasteiger partial charge in [0.1, 0.15) is 0 Å². The van der Waals surface area contributed by atoms with E-state index in [1.54, 1.807) is 4.90 Å². The van der Waals surface area contributed by atoms with Crippen LogP contribution in [0.25, 0.3) is 0 Å². The highest BCUT2D eigenvalue weighted by molar-refractivity contribution is 6.03. The van der Waals surface area contributed by atoms with Crippen LogP contribution in [0.1, 0.15) is 23.1 Å². The molecule has 1 saturated heterocycles. The standard InChI is InChI=1S/C20H22N2O2/c1-13-7-9-17(10-8-13)21-20(24)16-11-19(23)22(12-16)18-6-4-5-14(2)15(18)3/h4-10,16H,11-12H2,1-3H3,(H,21,24). The minimum absolute atomic E-state index is 0.00718. The van der Waals surface area contributed by atoms with Gasteiger partial charge in [-0.2, -0.15) is 0 Å². The zero-order chi connectivity index (χ0) is 17.3.